The van der Waals surface area contributed by atoms with Gasteiger partial charge in [0.1, 0.15) is 12.4 Å². The summed E-state index contributed by atoms with van der Waals surface area (Å²) < 4.78 is 6.05. The summed E-state index contributed by atoms with van der Waals surface area (Å²) in [6.07, 6.45) is 3.43. The van der Waals surface area contributed by atoms with Crippen LogP contribution in [0, 0.1) is 5.92 Å². The molecule has 1 aliphatic rings. The molecule has 2 unspecified atom stereocenters. The Hall–Kier alpha value is -2.54. The number of nitrogens with zero attached hydrogens (tertiary/aromatic N) is 1. The van der Waals surface area contributed by atoms with E-state index in [0.717, 1.165) is 48.3 Å². The zero-order valence-electron chi connectivity index (χ0n) is 21.0. The van der Waals surface area contributed by atoms with Crippen molar-refractivity contribution in [1.29, 1.82) is 0 Å². The van der Waals surface area contributed by atoms with Crippen LogP contribution in [0.1, 0.15) is 52.5 Å². The van der Waals surface area contributed by atoms with Gasteiger partial charge in [-0.3, -0.25) is 9.59 Å². The second-order valence-corrected chi connectivity index (χ2v) is 8.89. The molecular formula is C26H42N4O3. The molecule has 1 aromatic carbocycles. The first-order chi connectivity index (χ1) is 15.9. The third kappa shape index (κ3) is 8.39. The molecule has 0 saturated heterocycles. The van der Waals surface area contributed by atoms with Gasteiger partial charge >= 0.3 is 0 Å². The highest BCUT2D eigenvalue weighted by Gasteiger charge is 2.27. The number of nitrogens with one attached hydrogen (secondary N) is 3. The number of carbonyl (C=O) groups excluding carboxylic acids is 2. The van der Waals surface area contributed by atoms with Crippen molar-refractivity contribution < 1.29 is 14.3 Å². The number of aryl methyl sites for hydroxylation is 1. The van der Waals surface area contributed by atoms with Gasteiger partial charge < -0.3 is 25.6 Å². The van der Waals surface area contributed by atoms with Gasteiger partial charge in [-0.1, -0.05) is 51.0 Å². The lowest BCUT2D eigenvalue weighted by atomic mass is 9.97. The number of likely N-dealkylation sites (N-methyl/N-ethyl adjacent to an activating group) is 1. The summed E-state index contributed by atoms with van der Waals surface area (Å²) in [4.78, 5) is 27.5. The Bertz CT molecular complexity index is 808. The Balaban J connectivity index is 2.22. The minimum absolute atomic E-state index is 0.0461. The second kappa shape index (κ2) is 13.9. The molecule has 0 bridgehead atoms. The number of rotatable bonds is 3. The van der Waals surface area contributed by atoms with Crippen LogP contribution >= 0.6 is 0 Å². The van der Waals surface area contributed by atoms with E-state index < -0.39 is 0 Å². The van der Waals surface area contributed by atoms with E-state index in [0.29, 0.717) is 26.2 Å². The Morgan fingerprint density at radius 3 is 2.67 bits per heavy atom. The van der Waals surface area contributed by atoms with Gasteiger partial charge in [-0.2, -0.15) is 0 Å². The van der Waals surface area contributed by atoms with Crippen LogP contribution in [0.2, 0.25) is 0 Å². The summed E-state index contributed by atoms with van der Waals surface area (Å²) in [6, 6.07) is 7.73. The van der Waals surface area contributed by atoms with Crippen molar-refractivity contribution in [3.05, 3.63) is 41.1 Å². The molecule has 33 heavy (non-hydrogen) atoms. The smallest absolute Gasteiger partial charge is 0.240 e. The summed E-state index contributed by atoms with van der Waals surface area (Å²) >= 11 is 0. The molecule has 3 N–H and O–H groups in total. The average molecular weight is 459 g/mol. The number of allylic oxidation sites excluding steroid dienone is 1. The monoisotopic (exact) mass is 458 g/mol. The van der Waals surface area contributed by atoms with Crippen LogP contribution in [0.3, 0.4) is 0 Å². The maximum Gasteiger partial charge on any atom is 0.240 e. The van der Waals surface area contributed by atoms with Crippen molar-refractivity contribution >= 4 is 11.8 Å². The fraction of sp³-hybridized carbons (Fsp3) is 0.615. The van der Waals surface area contributed by atoms with Crippen LogP contribution < -0.4 is 20.7 Å². The van der Waals surface area contributed by atoms with Crippen LogP contribution in [0.5, 0.6) is 5.75 Å². The molecule has 0 radical (unpaired) electrons. The van der Waals surface area contributed by atoms with Crippen LogP contribution in [0.4, 0.5) is 0 Å². The first kappa shape index (κ1) is 26.7. The normalized spacial score (nSPS) is 22.1. The van der Waals surface area contributed by atoms with Crippen LogP contribution in [-0.4, -0.2) is 62.6 Å². The Kier molecular flexibility index (Phi) is 11.2. The van der Waals surface area contributed by atoms with Gasteiger partial charge in [0.15, 0.2) is 0 Å². The molecule has 1 aliphatic heterocycles. The predicted molar refractivity (Wildman–Crippen MR) is 133 cm³/mol. The summed E-state index contributed by atoms with van der Waals surface area (Å²) in [5.41, 5.74) is 3.21. The van der Waals surface area contributed by atoms with Crippen molar-refractivity contribution in [3.63, 3.8) is 0 Å². The lowest BCUT2D eigenvalue weighted by Crippen LogP contribution is -2.50. The molecule has 184 valence electrons. The van der Waals surface area contributed by atoms with E-state index in [2.05, 4.69) is 42.8 Å². The third-order valence-corrected chi connectivity index (χ3v) is 6.40. The molecule has 2 atom stereocenters. The quantitative estimate of drug-likeness (QED) is 0.649. The van der Waals surface area contributed by atoms with Crippen molar-refractivity contribution in [2.45, 2.75) is 59.4 Å². The highest BCUT2D eigenvalue weighted by molar-refractivity contribution is 5.82. The minimum Gasteiger partial charge on any atom is -0.492 e. The Morgan fingerprint density at radius 1 is 1.18 bits per heavy atom. The van der Waals surface area contributed by atoms with Gasteiger partial charge in [0, 0.05) is 25.8 Å². The number of ether oxygens (including phenoxy) is 1. The number of amides is 2. The summed E-state index contributed by atoms with van der Waals surface area (Å²) in [7, 11) is 1.83. The zero-order valence-corrected chi connectivity index (χ0v) is 21.0. The van der Waals surface area contributed by atoms with Crippen molar-refractivity contribution in [3.8, 4) is 5.75 Å². The molecule has 0 fully saturated rings. The molecule has 0 saturated carbocycles. The maximum atomic E-state index is 13.4. The second-order valence-electron chi connectivity index (χ2n) is 8.89. The van der Waals surface area contributed by atoms with Gasteiger partial charge in [-0.15, -0.1) is 0 Å². The molecule has 7 nitrogen and oxygen atoms in total. The van der Waals surface area contributed by atoms with Gasteiger partial charge in [0.05, 0.1) is 19.1 Å². The number of hydrogen-bond acceptors (Lipinski definition) is 5. The zero-order chi connectivity index (χ0) is 24.2. The van der Waals surface area contributed by atoms with Crippen molar-refractivity contribution in [2.24, 2.45) is 5.92 Å². The fourth-order valence-electron chi connectivity index (χ4n) is 3.86. The number of para-hydroxylation sites is 1. The number of benzene rings is 1. The first-order valence-corrected chi connectivity index (χ1v) is 12.3. The Labute approximate surface area is 199 Å². The first-order valence-electron chi connectivity index (χ1n) is 12.3. The molecule has 1 aromatic rings. The van der Waals surface area contributed by atoms with E-state index in [4.69, 9.17) is 4.74 Å². The lowest BCUT2D eigenvalue weighted by Gasteiger charge is -2.30. The lowest BCUT2D eigenvalue weighted by molar-refractivity contribution is -0.133. The molecule has 7 heteroatoms. The predicted octanol–water partition coefficient (Wildman–Crippen LogP) is 2.86. The van der Waals surface area contributed by atoms with Crippen LogP contribution in [0.25, 0.3) is 0 Å². The Morgan fingerprint density at radius 2 is 1.94 bits per heavy atom. The highest BCUT2D eigenvalue weighted by atomic mass is 16.5. The summed E-state index contributed by atoms with van der Waals surface area (Å²) in [5, 5.41) is 9.71. The summed E-state index contributed by atoms with van der Waals surface area (Å²) in [5.74, 6) is 1.06. The van der Waals surface area contributed by atoms with E-state index in [1.54, 1.807) is 4.90 Å². The van der Waals surface area contributed by atoms with Gasteiger partial charge in [0.2, 0.25) is 11.8 Å². The topological polar surface area (TPSA) is 82.7 Å². The average Bonchev–Trinajstić information content (AvgIpc) is 2.83. The van der Waals surface area contributed by atoms with Gasteiger partial charge in [-0.05, 0) is 43.7 Å². The fourth-order valence-corrected chi connectivity index (χ4v) is 3.86. The van der Waals surface area contributed by atoms with Crippen molar-refractivity contribution in [2.75, 3.05) is 39.8 Å². The number of carbonyl (C=O) groups is 2. The largest absolute Gasteiger partial charge is 0.492 e. The molecule has 0 aliphatic carbocycles. The molecule has 2 rings (SSSR count). The van der Waals surface area contributed by atoms with E-state index in [1.165, 1.54) is 0 Å². The molecule has 0 aromatic heterocycles. The standard InChI is InChI=1S/C26H42N4O3/c1-6-19(3)22-18-30(5)26(32)25(20(4)7-2)28-15-16-33-23-13-9-8-11-21(23)12-10-14-27-24(31)17-29-22/h8-9,11,13,20,25,28-29H,6-7,10,12,14-18H2,1-5H3,(H,27,31)/b22-19-. The number of fused-ring (bicyclic) bond motifs is 1. The van der Waals surface area contributed by atoms with E-state index >= 15 is 0 Å². The van der Waals surface area contributed by atoms with Crippen LogP contribution in [-0.2, 0) is 16.0 Å². The van der Waals surface area contributed by atoms with Gasteiger partial charge in [-0.25, -0.2) is 0 Å². The SMILES string of the molecule is CC/C(C)=C1/CN(C)C(=O)C(C(C)CC)NCCOc2ccccc2CCCNC(=O)CN1. The molecule has 1 heterocycles. The minimum atomic E-state index is -0.288. The number of hydrogen-bond donors (Lipinski definition) is 3. The maximum absolute atomic E-state index is 13.4. The van der Waals surface area contributed by atoms with Crippen LogP contribution in [0.15, 0.2) is 35.5 Å². The third-order valence-electron chi connectivity index (χ3n) is 6.40. The molecule has 2 amide bonds. The molecular weight excluding hydrogens is 416 g/mol. The van der Waals surface area contributed by atoms with E-state index in [-0.39, 0.29) is 30.3 Å². The summed E-state index contributed by atoms with van der Waals surface area (Å²) in [6.45, 7) is 10.7. The van der Waals surface area contributed by atoms with Gasteiger partial charge in [0.25, 0.3) is 0 Å². The highest BCUT2D eigenvalue weighted by Crippen LogP contribution is 2.19. The molecule has 0 spiro atoms. The van der Waals surface area contributed by atoms with E-state index in [9.17, 15) is 9.59 Å². The van der Waals surface area contributed by atoms with Crippen molar-refractivity contribution in [1.82, 2.24) is 20.9 Å². The van der Waals surface area contributed by atoms with E-state index in [1.807, 2.05) is 32.2 Å².